The van der Waals surface area contributed by atoms with E-state index >= 15 is 0 Å². The Labute approximate surface area is 95.8 Å². The molecular weight excluding hydrogens is 235 g/mol. The van der Waals surface area contributed by atoms with E-state index in [1.165, 1.54) is 18.2 Å². The molecule has 0 radical (unpaired) electrons. The van der Waals surface area contributed by atoms with Gasteiger partial charge in [0.1, 0.15) is 11.9 Å². The van der Waals surface area contributed by atoms with Gasteiger partial charge in [0, 0.05) is 0 Å². The molecular formula is C10H8ClFN2O2. The molecule has 2 N–H and O–H groups in total. The van der Waals surface area contributed by atoms with E-state index in [0.29, 0.717) is 0 Å². The topological polar surface area (TPSA) is 58.2 Å². The molecule has 0 aliphatic carbocycles. The van der Waals surface area contributed by atoms with Gasteiger partial charge in [0.25, 0.3) is 0 Å². The van der Waals surface area contributed by atoms with Crippen molar-refractivity contribution < 1.29 is 14.0 Å². The summed E-state index contributed by atoms with van der Waals surface area (Å²) < 4.78 is 13.4. The molecule has 1 saturated heterocycles. The molecule has 1 heterocycles. The van der Waals surface area contributed by atoms with Gasteiger partial charge in [-0.2, -0.15) is 0 Å². The summed E-state index contributed by atoms with van der Waals surface area (Å²) in [6.07, 6.45) is -0.0104. The van der Waals surface area contributed by atoms with Crippen LogP contribution < -0.4 is 10.6 Å². The maximum Gasteiger partial charge on any atom is 0.249 e. The summed E-state index contributed by atoms with van der Waals surface area (Å²) in [4.78, 5) is 22.2. The number of hydrogen-bond donors (Lipinski definition) is 2. The number of carbonyl (C=O) groups excluding carboxylic acids is 2. The minimum atomic E-state index is -0.762. The second-order valence-electron chi connectivity index (χ2n) is 3.41. The number of imide groups is 1. The van der Waals surface area contributed by atoms with Crippen molar-refractivity contribution in [2.75, 3.05) is 5.32 Å². The molecule has 6 heteroatoms. The molecule has 1 aromatic carbocycles. The third-order valence-electron chi connectivity index (χ3n) is 2.25. The van der Waals surface area contributed by atoms with Gasteiger partial charge in [-0.3, -0.25) is 14.9 Å². The predicted octanol–water partition coefficient (Wildman–Crippen LogP) is 1.31. The van der Waals surface area contributed by atoms with Crippen LogP contribution in [0.4, 0.5) is 10.1 Å². The van der Waals surface area contributed by atoms with Crippen LogP contribution in [0.3, 0.4) is 0 Å². The number of amides is 2. The van der Waals surface area contributed by atoms with Gasteiger partial charge in [0.15, 0.2) is 0 Å². The molecule has 0 bridgehead atoms. The summed E-state index contributed by atoms with van der Waals surface area (Å²) in [5, 5.41) is 4.91. The lowest BCUT2D eigenvalue weighted by molar-refractivity contribution is -0.124. The molecule has 1 unspecified atom stereocenters. The highest BCUT2D eigenvalue weighted by Gasteiger charge is 2.31. The Bertz CT molecular complexity index is 444. The summed E-state index contributed by atoms with van der Waals surface area (Å²) in [5.41, 5.74) is 0.0408. The van der Waals surface area contributed by atoms with Gasteiger partial charge in [0.05, 0.1) is 17.1 Å². The number of nitrogens with one attached hydrogen (secondary N) is 2. The van der Waals surface area contributed by atoms with Crippen LogP contribution in [-0.2, 0) is 9.59 Å². The summed E-state index contributed by atoms with van der Waals surface area (Å²) in [6.45, 7) is 0. The number of halogens is 2. The molecule has 2 amide bonds. The SMILES string of the molecule is O=C1CC(Nc2c(F)cccc2Cl)C(=O)N1. The molecule has 0 aromatic heterocycles. The van der Waals surface area contributed by atoms with E-state index in [2.05, 4.69) is 10.6 Å². The lowest BCUT2D eigenvalue weighted by Gasteiger charge is -2.12. The first-order valence-corrected chi connectivity index (χ1v) is 5.00. The first-order valence-electron chi connectivity index (χ1n) is 4.62. The van der Waals surface area contributed by atoms with Crippen molar-refractivity contribution in [1.82, 2.24) is 5.32 Å². The molecule has 16 heavy (non-hydrogen) atoms. The van der Waals surface area contributed by atoms with Crippen LogP contribution in [0.1, 0.15) is 6.42 Å². The van der Waals surface area contributed by atoms with Gasteiger partial charge in [-0.15, -0.1) is 0 Å². The molecule has 1 atom stereocenters. The average molecular weight is 243 g/mol. The molecule has 2 rings (SSSR count). The Morgan fingerprint density at radius 2 is 2.19 bits per heavy atom. The van der Waals surface area contributed by atoms with Crippen LogP contribution in [0.25, 0.3) is 0 Å². The van der Waals surface area contributed by atoms with Crippen molar-refractivity contribution in [3.8, 4) is 0 Å². The zero-order valence-corrected chi connectivity index (χ0v) is 8.84. The molecule has 1 fully saturated rings. The molecule has 1 aliphatic heterocycles. The first kappa shape index (κ1) is 10.9. The van der Waals surface area contributed by atoms with Crippen molar-refractivity contribution in [2.24, 2.45) is 0 Å². The number of anilines is 1. The minimum Gasteiger partial charge on any atom is -0.370 e. The van der Waals surface area contributed by atoms with E-state index in [1.807, 2.05) is 0 Å². The normalized spacial score (nSPS) is 19.8. The van der Waals surface area contributed by atoms with Crippen LogP contribution in [0.15, 0.2) is 18.2 Å². The van der Waals surface area contributed by atoms with Gasteiger partial charge in [-0.25, -0.2) is 4.39 Å². The number of hydrogen-bond acceptors (Lipinski definition) is 3. The summed E-state index contributed by atoms with van der Waals surface area (Å²) in [5.74, 6) is -1.40. The van der Waals surface area contributed by atoms with Gasteiger partial charge in [-0.05, 0) is 12.1 Å². The fourth-order valence-corrected chi connectivity index (χ4v) is 1.70. The van der Waals surface area contributed by atoms with Crippen LogP contribution in [0.2, 0.25) is 5.02 Å². The number of benzene rings is 1. The standard InChI is InChI=1S/C10H8ClFN2O2/c11-5-2-1-3-6(12)9(5)13-7-4-8(15)14-10(7)16/h1-3,7,13H,4H2,(H,14,15,16). The van der Waals surface area contributed by atoms with E-state index in [9.17, 15) is 14.0 Å². The zero-order chi connectivity index (χ0) is 11.7. The van der Waals surface area contributed by atoms with Crippen molar-refractivity contribution >= 4 is 29.1 Å². The van der Waals surface area contributed by atoms with Crippen LogP contribution in [0, 0.1) is 5.82 Å². The second kappa shape index (κ2) is 4.09. The third-order valence-corrected chi connectivity index (χ3v) is 2.56. The Balaban J connectivity index is 2.21. The Morgan fingerprint density at radius 1 is 1.44 bits per heavy atom. The van der Waals surface area contributed by atoms with Gasteiger partial charge < -0.3 is 5.32 Å². The minimum absolute atomic E-state index is 0.0104. The van der Waals surface area contributed by atoms with E-state index < -0.39 is 17.8 Å². The molecule has 0 spiro atoms. The second-order valence-corrected chi connectivity index (χ2v) is 3.82. The monoisotopic (exact) mass is 242 g/mol. The van der Waals surface area contributed by atoms with Crippen molar-refractivity contribution in [1.29, 1.82) is 0 Å². The fourth-order valence-electron chi connectivity index (χ4n) is 1.48. The maximum absolute atomic E-state index is 13.4. The Morgan fingerprint density at radius 3 is 2.75 bits per heavy atom. The lowest BCUT2D eigenvalue weighted by Crippen LogP contribution is -2.30. The van der Waals surface area contributed by atoms with Crippen molar-refractivity contribution in [3.05, 3.63) is 29.0 Å². The van der Waals surface area contributed by atoms with Gasteiger partial charge >= 0.3 is 0 Å². The summed E-state index contributed by atoms with van der Waals surface area (Å²) in [7, 11) is 0. The van der Waals surface area contributed by atoms with E-state index in [4.69, 9.17) is 11.6 Å². The Hall–Kier alpha value is -1.62. The van der Waals surface area contributed by atoms with Gasteiger partial charge in [-0.1, -0.05) is 17.7 Å². The fraction of sp³-hybridized carbons (Fsp3) is 0.200. The highest BCUT2D eigenvalue weighted by Crippen LogP contribution is 2.26. The number of carbonyl (C=O) groups is 2. The number of para-hydroxylation sites is 1. The molecule has 4 nitrogen and oxygen atoms in total. The molecule has 1 aromatic rings. The highest BCUT2D eigenvalue weighted by molar-refractivity contribution is 6.33. The summed E-state index contributed by atoms with van der Waals surface area (Å²) in [6, 6.07) is 3.43. The average Bonchev–Trinajstić information content (AvgIpc) is 2.51. The van der Waals surface area contributed by atoms with Crippen LogP contribution in [-0.4, -0.2) is 17.9 Å². The van der Waals surface area contributed by atoms with Crippen LogP contribution >= 0.6 is 11.6 Å². The quantitative estimate of drug-likeness (QED) is 0.769. The zero-order valence-electron chi connectivity index (χ0n) is 8.09. The smallest absolute Gasteiger partial charge is 0.249 e. The molecule has 0 saturated carbocycles. The largest absolute Gasteiger partial charge is 0.370 e. The first-order chi connectivity index (χ1) is 7.58. The van der Waals surface area contributed by atoms with Crippen molar-refractivity contribution in [3.63, 3.8) is 0 Å². The summed E-state index contributed by atoms with van der Waals surface area (Å²) >= 11 is 5.77. The predicted molar refractivity (Wildman–Crippen MR) is 56.6 cm³/mol. The van der Waals surface area contributed by atoms with Crippen LogP contribution in [0.5, 0.6) is 0 Å². The van der Waals surface area contributed by atoms with E-state index in [1.54, 1.807) is 0 Å². The Kier molecular flexibility index (Phi) is 2.78. The number of rotatable bonds is 2. The molecule has 84 valence electrons. The highest BCUT2D eigenvalue weighted by atomic mass is 35.5. The third kappa shape index (κ3) is 1.99. The van der Waals surface area contributed by atoms with E-state index in [-0.39, 0.29) is 23.0 Å². The van der Waals surface area contributed by atoms with E-state index in [0.717, 1.165) is 0 Å². The lowest BCUT2D eigenvalue weighted by atomic mass is 10.2. The molecule has 1 aliphatic rings. The maximum atomic E-state index is 13.4. The van der Waals surface area contributed by atoms with Gasteiger partial charge in [0.2, 0.25) is 11.8 Å². The van der Waals surface area contributed by atoms with Crippen molar-refractivity contribution in [2.45, 2.75) is 12.5 Å².